The molecule has 0 saturated carbocycles. The van der Waals surface area contributed by atoms with Gasteiger partial charge in [0.25, 0.3) is 0 Å². The fourth-order valence-electron chi connectivity index (χ4n) is 0.332. The van der Waals surface area contributed by atoms with Crippen molar-refractivity contribution in [1.82, 2.24) is 9.95 Å². The largest absolute Gasteiger partial charge is 0.492 e. The van der Waals surface area contributed by atoms with Crippen LogP contribution in [0.1, 0.15) is 0 Å². The third-order valence-corrected chi connectivity index (χ3v) is 1.12. The van der Waals surface area contributed by atoms with Crippen LogP contribution < -0.4 is 5.43 Å². The van der Waals surface area contributed by atoms with E-state index in [0.717, 1.165) is 10.7 Å². The number of rotatable bonds is 0. The van der Waals surface area contributed by atoms with Crippen LogP contribution in [0.3, 0.4) is 0 Å². The molecule has 2 N–H and O–H groups in total. The van der Waals surface area contributed by atoms with Crippen LogP contribution in [0.25, 0.3) is 0 Å². The first-order valence-corrected chi connectivity index (χ1v) is 2.77. The second kappa shape index (κ2) is 4.31. The molecule has 0 atom stereocenters. The minimum atomic E-state index is -0.193. The predicted octanol–water partition coefficient (Wildman–Crippen LogP) is 0.531. The average molecular weight is 191 g/mol. The van der Waals surface area contributed by atoms with Crippen molar-refractivity contribution < 1.29 is 5.11 Å². The van der Waals surface area contributed by atoms with Gasteiger partial charge in [0.05, 0.1) is 6.20 Å². The normalized spacial score (nSPS) is 16.4. The maximum Gasteiger partial charge on any atom is 0.240 e. The Hall–Kier alpha value is 0.390. The summed E-state index contributed by atoms with van der Waals surface area (Å²) < 4.78 is 0.829. The fourth-order valence-corrected chi connectivity index (χ4v) is 0.633. The molecule has 1 radical (unpaired) electrons. The molecular weight excluding hydrogens is 188 g/mol. The number of hydrazine groups is 1. The molecule has 1 aliphatic heterocycles. The van der Waals surface area contributed by atoms with Gasteiger partial charge in [0.1, 0.15) is 0 Å². The molecule has 0 aromatic carbocycles. The second-order valence-corrected chi connectivity index (χ2v) is 2.00. The van der Waals surface area contributed by atoms with E-state index in [4.69, 9.17) is 28.5 Å². The van der Waals surface area contributed by atoms with Crippen LogP contribution in [-0.2, 0) is 0 Å². The first-order chi connectivity index (χ1) is 4.20. The van der Waals surface area contributed by atoms with Crippen molar-refractivity contribution in [2.24, 2.45) is 4.99 Å². The third kappa shape index (κ3) is 2.56. The van der Waals surface area contributed by atoms with E-state index in [1.54, 1.807) is 0 Å². The van der Waals surface area contributed by atoms with E-state index in [2.05, 4.69) is 10.4 Å². The Labute approximate surface area is 89.9 Å². The van der Waals surface area contributed by atoms with Gasteiger partial charge in [0, 0.05) is 41.3 Å². The number of hydrogen-bond acceptors (Lipinski definition) is 4. The van der Waals surface area contributed by atoms with Gasteiger partial charge < -0.3 is 5.11 Å². The first kappa shape index (κ1) is 10.4. The van der Waals surface area contributed by atoms with Crippen molar-refractivity contribution >= 4 is 58.2 Å². The zero-order valence-electron chi connectivity index (χ0n) is 5.17. The van der Waals surface area contributed by atoms with Gasteiger partial charge >= 0.3 is 0 Å². The molecule has 1 heterocycles. The molecular formula is C3H3Cl2N3NaO. The van der Waals surface area contributed by atoms with Crippen molar-refractivity contribution in [1.29, 1.82) is 0 Å². The van der Waals surface area contributed by atoms with Crippen LogP contribution in [0.4, 0.5) is 0 Å². The summed E-state index contributed by atoms with van der Waals surface area (Å²) in [6.07, 6.45) is 1.13. The van der Waals surface area contributed by atoms with Crippen LogP contribution in [0.2, 0.25) is 0 Å². The summed E-state index contributed by atoms with van der Waals surface area (Å²) in [7, 11) is 0. The van der Waals surface area contributed by atoms with Gasteiger partial charge in [-0.3, -0.25) is 5.43 Å². The molecule has 0 fully saturated rings. The van der Waals surface area contributed by atoms with E-state index in [0.29, 0.717) is 0 Å². The fraction of sp³-hybridized carbons (Fsp3) is 0. The van der Waals surface area contributed by atoms with Crippen molar-refractivity contribution in [3.8, 4) is 0 Å². The number of aliphatic hydroxyl groups is 1. The molecule has 0 bridgehead atoms. The monoisotopic (exact) mass is 190 g/mol. The van der Waals surface area contributed by atoms with Gasteiger partial charge in [-0.05, 0) is 11.6 Å². The topological polar surface area (TPSA) is 47.9 Å². The number of nitrogens with one attached hydrogen (secondary N) is 1. The predicted molar refractivity (Wildman–Crippen MR) is 40.6 cm³/mol. The van der Waals surface area contributed by atoms with E-state index >= 15 is 0 Å². The number of hydrogen-bond donors (Lipinski definition) is 2. The number of aliphatic hydroxyl groups excluding tert-OH is 1. The second-order valence-electron chi connectivity index (χ2n) is 1.30. The SMILES string of the molecule is OC1=CN=C(Cl)NN1Cl.[Na]. The summed E-state index contributed by atoms with van der Waals surface area (Å²) in [6.45, 7) is 0. The molecule has 0 unspecified atom stereocenters. The van der Waals surface area contributed by atoms with Crippen LogP contribution in [0.15, 0.2) is 17.1 Å². The summed E-state index contributed by atoms with van der Waals surface area (Å²) >= 11 is 10.6. The van der Waals surface area contributed by atoms with Gasteiger partial charge in [-0.25, -0.2) is 4.99 Å². The van der Waals surface area contributed by atoms with E-state index in [1.807, 2.05) is 0 Å². The van der Waals surface area contributed by atoms with Gasteiger partial charge in [0.15, 0.2) is 0 Å². The minimum absolute atomic E-state index is 0. The molecule has 0 spiro atoms. The molecule has 7 heteroatoms. The van der Waals surface area contributed by atoms with Crippen LogP contribution in [0, 0.1) is 0 Å². The molecule has 0 aromatic heterocycles. The van der Waals surface area contributed by atoms with Crippen LogP contribution in [0.5, 0.6) is 0 Å². The number of halogens is 2. The Bertz CT molecular complexity index is 183. The van der Waals surface area contributed by atoms with E-state index < -0.39 is 0 Å². The quantitative estimate of drug-likeness (QED) is 0.333. The van der Waals surface area contributed by atoms with Crippen molar-refractivity contribution in [3.05, 3.63) is 12.1 Å². The molecule has 0 amide bonds. The summed E-state index contributed by atoms with van der Waals surface area (Å²) in [4.78, 5) is 3.49. The molecule has 10 heavy (non-hydrogen) atoms. The van der Waals surface area contributed by atoms with Crippen molar-refractivity contribution in [2.75, 3.05) is 0 Å². The van der Waals surface area contributed by atoms with Gasteiger partial charge in [-0.15, -0.1) is 0 Å². The van der Waals surface area contributed by atoms with Crippen LogP contribution in [-0.4, -0.2) is 44.5 Å². The molecule has 1 aliphatic rings. The Kier molecular flexibility index (Phi) is 4.47. The van der Waals surface area contributed by atoms with Crippen molar-refractivity contribution in [3.63, 3.8) is 0 Å². The molecule has 0 aromatic rings. The standard InChI is InChI=1S/C3H3Cl2N3O.Na/c4-3-6-1-2(9)8(5)7-3;/h1,9H,(H,6,7);. The first-order valence-electron chi connectivity index (χ1n) is 2.05. The summed E-state index contributed by atoms with van der Waals surface area (Å²) in [5.74, 6) is -0.193. The Balaban J connectivity index is 0.000000810. The summed E-state index contributed by atoms with van der Waals surface area (Å²) in [5.41, 5.74) is 2.32. The Morgan fingerprint density at radius 3 is 2.70 bits per heavy atom. The van der Waals surface area contributed by atoms with Gasteiger partial charge in [0.2, 0.25) is 11.2 Å². The van der Waals surface area contributed by atoms with Gasteiger partial charge in [-0.1, -0.05) is 0 Å². The Morgan fingerprint density at radius 2 is 2.30 bits per heavy atom. The minimum Gasteiger partial charge on any atom is -0.492 e. The van der Waals surface area contributed by atoms with E-state index in [1.165, 1.54) is 0 Å². The maximum absolute atomic E-state index is 8.72. The average Bonchev–Trinajstić information content (AvgIpc) is 1.80. The molecule has 0 saturated heterocycles. The summed E-state index contributed by atoms with van der Waals surface area (Å²) in [5, 5.41) is 8.84. The molecule has 4 nitrogen and oxygen atoms in total. The number of nitrogens with zero attached hydrogens (tertiary/aromatic N) is 2. The van der Waals surface area contributed by atoms with Gasteiger partial charge in [-0.2, -0.15) is 4.53 Å². The molecule has 1 rings (SSSR count). The number of amidine groups is 1. The van der Waals surface area contributed by atoms with Crippen LogP contribution >= 0.6 is 23.4 Å². The number of aliphatic imine (C=N–C) groups is 1. The zero-order valence-corrected chi connectivity index (χ0v) is 8.69. The molecule has 51 valence electrons. The third-order valence-electron chi connectivity index (χ3n) is 0.685. The smallest absolute Gasteiger partial charge is 0.240 e. The molecule has 0 aliphatic carbocycles. The van der Waals surface area contributed by atoms with E-state index in [9.17, 15) is 0 Å². The summed E-state index contributed by atoms with van der Waals surface area (Å²) in [6, 6.07) is 0. The van der Waals surface area contributed by atoms with E-state index in [-0.39, 0.29) is 40.7 Å². The Morgan fingerprint density at radius 1 is 1.70 bits per heavy atom. The zero-order chi connectivity index (χ0) is 6.85. The maximum atomic E-state index is 8.72. The van der Waals surface area contributed by atoms with Crippen molar-refractivity contribution in [2.45, 2.75) is 0 Å².